The molecule has 1 aromatic carbocycles. The highest BCUT2D eigenvalue weighted by Crippen LogP contribution is 2.33. The molecule has 2 heteroatoms. The lowest BCUT2D eigenvalue weighted by molar-refractivity contribution is 0.0650. The fourth-order valence-electron chi connectivity index (χ4n) is 4.19. The maximum Gasteiger partial charge on any atom is 0.0360 e. The van der Waals surface area contributed by atoms with Gasteiger partial charge in [-0.05, 0) is 70.3 Å². The SMILES string of the molecule is CCC(CC)(C(Cc1ccccc1C)NC)N1CCCC1. The van der Waals surface area contributed by atoms with Gasteiger partial charge >= 0.3 is 0 Å². The quantitative estimate of drug-likeness (QED) is 0.821. The summed E-state index contributed by atoms with van der Waals surface area (Å²) < 4.78 is 0. The largest absolute Gasteiger partial charge is 0.315 e. The van der Waals surface area contributed by atoms with Crippen molar-refractivity contribution >= 4 is 0 Å². The van der Waals surface area contributed by atoms with Gasteiger partial charge in [-0.25, -0.2) is 0 Å². The van der Waals surface area contributed by atoms with E-state index in [1.165, 1.54) is 49.9 Å². The fourth-order valence-corrected chi connectivity index (χ4v) is 4.19. The highest BCUT2D eigenvalue weighted by molar-refractivity contribution is 5.27. The van der Waals surface area contributed by atoms with Crippen LogP contribution >= 0.6 is 0 Å². The summed E-state index contributed by atoms with van der Waals surface area (Å²) in [5.41, 5.74) is 3.20. The third-order valence-electron chi connectivity index (χ3n) is 5.64. The highest BCUT2D eigenvalue weighted by atomic mass is 15.2. The van der Waals surface area contributed by atoms with Crippen LogP contribution in [-0.4, -0.2) is 36.6 Å². The fraction of sp³-hybridized carbons (Fsp3) is 0.684. The monoisotopic (exact) mass is 288 g/mol. The number of aryl methyl sites for hydroxylation is 1. The molecule has 118 valence electrons. The Morgan fingerprint density at radius 2 is 1.76 bits per heavy atom. The Hall–Kier alpha value is -0.860. The minimum absolute atomic E-state index is 0.299. The van der Waals surface area contributed by atoms with Gasteiger partial charge in [0.1, 0.15) is 0 Å². The number of nitrogens with zero attached hydrogens (tertiary/aromatic N) is 1. The van der Waals surface area contributed by atoms with Gasteiger partial charge in [0.15, 0.2) is 0 Å². The van der Waals surface area contributed by atoms with Crippen LogP contribution in [0.25, 0.3) is 0 Å². The van der Waals surface area contributed by atoms with Crippen molar-refractivity contribution in [3.05, 3.63) is 35.4 Å². The van der Waals surface area contributed by atoms with Gasteiger partial charge < -0.3 is 5.32 Å². The van der Waals surface area contributed by atoms with Crippen LogP contribution in [0.2, 0.25) is 0 Å². The summed E-state index contributed by atoms with van der Waals surface area (Å²) in [5.74, 6) is 0. The summed E-state index contributed by atoms with van der Waals surface area (Å²) in [6.07, 6.45) is 6.30. The molecule has 1 atom stereocenters. The summed E-state index contributed by atoms with van der Waals surface area (Å²) in [7, 11) is 2.14. The van der Waals surface area contributed by atoms with E-state index < -0.39 is 0 Å². The zero-order valence-electron chi connectivity index (χ0n) is 14.3. The third-order valence-corrected chi connectivity index (χ3v) is 5.64. The van der Waals surface area contributed by atoms with Crippen LogP contribution in [0.15, 0.2) is 24.3 Å². The number of rotatable bonds is 7. The van der Waals surface area contributed by atoms with Crippen molar-refractivity contribution in [2.24, 2.45) is 0 Å². The molecule has 0 aliphatic carbocycles. The Morgan fingerprint density at radius 3 is 2.29 bits per heavy atom. The van der Waals surface area contributed by atoms with E-state index in [2.05, 4.69) is 62.3 Å². The van der Waals surface area contributed by atoms with Crippen LogP contribution in [0.4, 0.5) is 0 Å². The molecule has 0 amide bonds. The van der Waals surface area contributed by atoms with E-state index >= 15 is 0 Å². The summed E-state index contributed by atoms with van der Waals surface area (Å²) in [5, 5.41) is 3.66. The van der Waals surface area contributed by atoms with Gasteiger partial charge in [-0.15, -0.1) is 0 Å². The van der Waals surface area contributed by atoms with Crippen molar-refractivity contribution in [3.8, 4) is 0 Å². The molecule has 21 heavy (non-hydrogen) atoms. The first-order chi connectivity index (χ1) is 10.2. The van der Waals surface area contributed by atoms with Gasteiger partial charge in [0.25, 0.3) is 0 Å². The molecule has 0 spiro atoms. The van der Waals surface area contributed by atoms with Gasteiger partial charge in [0, 0.05) is 11.6 Å². The van der Waals surface area contributed by atoms with E-state index in [4.69, 9.17) is 0 Å². The minimum Gasteiger partial charge on any atom is -0.315 e. The first-order valence-electron chi connectivity index (χ1n) is 8.64. The van der Waals surface area contributed by atoms with E-state index in [9.17, 15) is 0 Å². The Labute approximate surface area is 130 Å². The van der Waals surface area contributed by atoms with E-state index in [0.717, 1.165) is 6.42 Å². The first-order valence-corrected chi connectivity index (χ1v) is 8.64. The molecule has 2 nitrogen and oxygen atoms in total. The zero-order valence-corrected chi connectivity index (χ0v) is 14.3. The Bertz CT molecular complexity index is 431. The maximum atomic E-state index is 3.66. The third kappa shape index (κ3) is 3.32. The molecule has 1 fully saturated rings. The predicted octanol–water partition coefficient (Wildman–Crippen LogP) is 3.78. The topological polar surface area (TPSA) is 15.3 Å². The van der Waals surface area contributed by atoms with E-state index in [-0.39, 0.29) is 0 Å². The molecule has 0 saturated carbocycles. The van der Waals surface area contributed by atoms with Gasteiger partial charge in [-0.2, -0.15) is 0 Å². The summed E-state index contributed by atoms with van der Waals surface area (Å²) in [6, 6.07) is 9.36. The molecule has 1 saturated heterocycles. The highest BCUT2D eigenvalue weighted by Gasteiger charge is 2.41. The van der Waals surface area contributed by atoms with Crippen molar-refractivity contribution in [2.75, 3.05) is 20.1 Å². The van der Waals surface area contributed by atoms with Gasteiger partial charge in [0.2, 0.25) is 0 Å². The molecule has 1 heterocycles. The number of likely N-dealkylation sites (N-methyl/N-ethyl adjacent to an activating group) is 1. The minimum atomic E-state index is 0.299. The van der Waals surface area contributed by atoms with Gasteiger partial charge in [-0.3, -0.25) is 4.90 Å². The van der Waals surface area contributed by atoms with Crippen molar-refractivity contribution in [3.63, 3.8) is 0 Å². The Balaban J connectivity index is 2.25. The summed E-state index contributed by atoms with van der Waals surface area (Å²) >= 11 is 0. The van der Waals surface area contributed by atoms with Crippen LogP contribution in [0.3, 0.4) is 0 Å². The number of hydrogen-bond acceptors (Lipinski definition) is 2. The maximum absolute atomic E-state index is 3.66. The van der Waals surface area contributed by atoms with E-state index in [1.54, 1.807) is 0 Å². The Morgan fingerprint density at radius 1 is 1.14 bits per heavy atom. The summed E-state index contributed by atoms with van der Waals surface area (Å²) in [6.45, 7) is 9.51. The molecule has 0 radical (unpaired) electrons. The molecule has 1 aromatic rings. The number of benzene rings is 1. The molecule has 1 unspecified atom stereocenters. The Kier molecular flexibility index (Phi) is 5.83. The van der Waals surface area contributed by atoms with Crippen molar-refractivity contribution in [2.45, 2.75) is 64.5 Å². The standard InChI is InChI=1S/C19H32N2/c1-5-19(6-2,21-13-9-10-14-21)18(20-4)15-17-12-8-7-11-16(17)3/h7-8,11-12,18,20H,5-6,9-10,13-15H2,1-4H3. The average molecular weight is 288 g/mol. The van der Waals surface area contributed by atoms with E-state index in [1.807, 2.05) is 0 Å². The smallest absolute Gasteiger partial charge is 0.0360 e. The molecule has 0 aromatic heterocycles. The number of likely N-dealkylation sites (tertiary alicyclic amines) is 1. The first kappa shape index (κ1) is 16.5. The zero-order chi connectivity index (χ0) is 15.3. The number of nitrogens with one attached hydrogen (secondary N) is 1. The molecule has 1 aliphatic rings. The molecule has 2 rings (SSSR count). The van der Waals surface area contributed by atoms with Crippen LogP contribution in [0, 0.1) is 6.92 Å². The normalized spacial score (nSPS) is 18.1. The van der Waals surface area contributed by atoms with Gasteiger partial charge in [0.05, 0.1) is 0 Å². The second-order valence-corrected chi connectivity index (χ2v) is 6.48. The molecule has 1 aliphatic heterocycles. The van der Waals surface area contributed by atoms with Crippen molar-refractivity contribution in [1.82, 2.24) is 10.2 Å². The van der Waals surface area contributed by atoms with Crippen LogP contribution in [0.1, 0.15) is 50.7 Å². The molecule has 0 bridgehead atoms. The second-order valence-electron chi connectivity index (χ2n) is 6.48. The lowest BCUT2D eigenvalue weighted by Crippen LogP contribution is -2.60. The molecular formula is C19H32N2. The van der Waals surface area contributed by atoms with Crippen LogP contribution < -0.4 is 5.32 Å². The lowest BCUT2D eigenvalue weighted by Gasteiger charge is -2.47. The van der Waals surface area contributed by atoms with Gasteiger partial charge in [-0.1, -0.05) is 38.1 Å². The second kappa shape index (κ2) is 7.42. The predicted molar refractivity (Wildman–Crippen MR) is 91.9 cm³/mol. The van der Waals surface area contributed by atoms with Crippen LogP contribution in [0.5, 0.6) is 0 Å². The van der Waals surface area contributed by atoms with E-state index in [0.29, 0.717) is 11.6 Å². The molecule has 1 N–H and O–H groups in total. The summed E-state index contributed by atoms with van der Waals surface area (Å²) in [4.78, 5) is 2.76. The van der Waals surface area contributed by atoms with Crippen LogP contribution in [-0.2, 0) is 6.42 Å². The van der Waals surface area contributed by atoms with Crippen molar-refractivity contribution in [1.29, 1.82) is 0 Å². The number of hydrogen-bond donors (Lipinski definition) is 1. The average Bonchev–Trinajstić information content (AvgIpc) is 3.04. The lowest BCUT2D eigenvalue weighted by atomic mass is 9.79. The van der Waals surface area contributed by atoms with Crippen molar-refractivity contribution < 1.29 is 0 Å². The molecular weight excluding hydrogens is 256 g/mol.